The average molecular weight is 430 g/mol. The van der Waals surface area contributed by atoms with Gasteiger partial charge in [-0.3, -0.25) is 9.59 Å². The Kier molecular flexibility index (Phi) is 6.01. The molecule has 1 aliphatic carbocycles. The molecule has 0 radical (unpaired) electrons. The maximum absolute atomic E-state index is 12.6. The molecule has 7 heteroatoms. The number of H-pyrrole nitrogens is 1. The van der Waals surface area contributed by atoms with Gasteiger partial charge in [0.15, 0.2) is 0 Å². The van der Waals surface area contributed by atoms with Crippen LogP contribution in [0.1, 0.15) is 41.6 Å². The van der Waals surface area contributed by atoms with Gasteiger partial charge in [-0.2, -0.15) is 0 Å². The fourth-order valence-electron chi connectivity index (χ4n) is 3.83. The van der Waals surface area contributed by atoms with E-state index in [-0.39, 0.29) is 11.5 Å². The van der Waals surface area contributed by atoms with Crippen molar-refractivity contribution in [3.8, 4) is 0 Å². The number of benzene rings is 1. The van der Waals surface area contributed by atoms with Crippen molar-refractivity contribution < 1.29 is 4.79 Å². The first-order chi connectivity index (χ1) is 14.0. The molecule has 152 valence electrons. The number of halogens is 1. The second-order valence-electron chi connectivity index (χ2n) is 7.77. The molecule has 4 rings (SSSR count). The van der Waals surface area contributed by atoms with Crippen LogP contribution in [0.2, 0.25) is 5.02 Å². The van der Waals surface area contributed by atoms with Crippen LogP contribution in [-0.4, -0.2) is 22.4 Å². The highest BCUT2D eigenvalue weighted by molar-refractivity contribution is 7.18. The minimum Gasteiger partial charge on any atom is -0.356 e. The molecule has 29 heavy (non-hydrogen) atoms. The van der Waals surface area contributed by atoms with Crippen molar-refractivity contribution in [3.63, 3.8) is 0 Å². The molecule has 0 unspecified atom stereocenters. The van der Waals surface area contributed by atoms with Crippen molar-refractivity contribution in [2.24, 2.45) is 5.92 Å². The Morgan fingerprint density at radius 2 is 2.10 bits per heavy atom. The van der Waals surface area contributed by atoms with Crippen LogP contribution in [0.25, 0.3) is 10.2 Å². The summed E-state index contributed by atoms with van der Waals surface area (Å²) in [5, 5.41) is 4.39. The molecule has 2 heterocycles. The fourth-order valence-corrected chi connectivity index (χ4v) is 5.36. The van der Waals surface area contributed by atoms with Crippen LogP contribution in [-0.2, 0) is 30.5 Å². The number of thiophene rings is 1. The molecular weight excluding hydrogens is 406 g/mol. The molecule has 1 aliphatic rings. The standard InChI is InChI=1S/C22H24ClN3O2S/c1-13-2-7-16-17(12-13)29-22-20(16)21(28)25-18(26-22)8-9-19(27)24-11-10-14-3-5-15(23)6-4-14/h3-6,13H,2,7-12H2,1H3,(H,24,27)(H,25,26,28)/t13-/m0/s1. The quantitative estimate of drug-likeness (QED) is 0.620. The highest BCUT2D eigenvalue weighted by Gasteiger charge is 2.23. The van der Waals surface area contributed by atoms with Crippen molar-refractivity contribution >= 4 is 39.1 Å². The lowest BCUT2D eigenvalue weighted by Gasteiger charge is -2.17. The Hall–Kier alpha value is -2.18. The van der Waals surface area contributed by atoms with E-state index in [0.717, 1.165) is 41.5 Å². The largest absolute Gasteiger partial charge is 0.356 e. The summed E-state index contributed by atoms with van der Waals surface area (Å²) in [5.41, 5.74) is 2.24. The van der Waals surface area contributed by atoms with Gasteiger partial charge in [0.1, 0.15) is 10.7 Å². The van der Waals surface area contributed by atoms with E-state index in [4.69, 9.17) is 11.6 Å². The Labute approximate surface area is 178 Å². The van der Waals surface area contributed by atoms with Gasteiger partial charge in [0, 0.05) is 29.3 Å². The number of nitrogens with zero attached hydrogens (tertiary/aromatic N) is 1. The molecule has 0 fully saturated rings. The molecule has 0 bridgehead atoms. The van der Waals surface area contributed by atoms with Crippen molar-refractivity contribution in [1.82, 2.24) is 15.3 Å². The number of carbonyl (C=O) groups excluding carboxylic acids is 1. The number of aromatic nitrogens is 2. The number of hydrogen-bond acceptors (Lipinski definition) is 4. The smallest absolute Gasteiger partial charge is 0.259 e. The van der Waals surface area contributed by atoms with Gasteiger partial charge in [-0.25, -0.2) is 4.98 Å². The number of carbonyl (C=O) groups is 1. The molecular formula is C22H24ClN3O2S. The van der Waals surface area contributed by atoms with Crippen molar-refractivity contribution in [2.75, 3.05) is 6.54 Å². The maximum atomic E-state index is 12.6. The van der Waals surface area contributed by atoms with E-state index in [1.807, 2.05) is 24.3 Å². The van der Waals surface area contributed by atoms with Crippen molar-refractivity contribution in [1.29, 1.82) is 0 Å². The third kappa shape index (κ3) is 4.70. The van der Waals surface area contributed by atoms with E-state index in [9.17, 15) is 9.59 Å². The highest BCUT2D eigenvalue weighted by atomic mass is 35.5. The Balaban J connectivity index is 1.35. The molecule has 2 aromatic heterocycles. The molecule has 5 nitrogen and oxygen atoms in total. The van der Waals surface area contributed by atoms with Gasteiger partial charge in [-0.05, 0) is 54.9 Å². The molecule has 1 atom stereocenters. The summed E-state index contributed by atoms with van der Waals surface area (Å²) in [5.74, 6) is 1.20. The zero-order chi connectivity index (χ0) is 20.4. The molecule has 0 spiro atoms. The lowest BCUT2D eigenvalue weighted by Crippen LogP contribution is -2.26. The predicted molar refractivity (Wildman–Crippen MR) is 118 cm³/mol. The first-order valence-corrected chi connectivity index (χ1v) is 11.2. The van der Waals surface area contributed by atoms with Crippen LogP contribution >= 0.6 is 22.9 Å². The average Bonchev–Trinajstić information content (AvgIpc) is 3.05. The van der Waals surface area contributed by atoms with Crippen LogP contribution in [0.5, 0.6) is 0 Å². The molecule has 2 N–H and O–H groups in total. The minimum absolute atomic E-state index is 0.0407. The van der Waals surface area contributed by atoms with Gasteiger partial charge in [-0.15, -0.1) is 11.3 Å². The van der Waals surface area contributed by atoms with E-state index >= 15 is 0 Å². The minimum atomic E-state index is -0.0693. The number of rotatable bonds is 6. The highest BCUT2D eigenvalue weighted by Crippen LogP contribution is 2.35. The second kappa shape index (κ2) is 8.67. The van der Waals surface area contributed by atoms with E-state index < -0.39 is 0 Å². The van der Waals surface area contributed by atoms with Gasteiger partial charge in [-0.1, -0.05) is 30.7 Å². The third-order valence-electron chi connectivity index (χ3n) is 5.45. The van der Waals surface area contributed by atoms with Crippen LogP contribution < -0.4 is 10.9 Å². The lowest BCUT2D eigenvalue weighted by molar-refractivity contribution is -0.121. The zero-order valence-electron chi connectivity index (χ0n) is 16.4. The van der Waals surface area contributed by atoms with E-state index in [2.05, 4.69) is 22.2 Å². The summed E-state index contributed by atoms with van der Waals surface area (Å²) in [6, 6.07) is 7.61. The van der Waals surface area contributed by atoms with Gasteiger partial charge in [0.05, 0.1) is 5.39 Å². The lowest BCUT2D eigenvalue weighted by atomic mass is 9.89. The Morgan fingerprint density at radius 3 is 2.90 bits per heavy atom. The number of hydrogen-bond donors (Lipinski definition) is 2. The molecule has 0 aliphatic heterocycles. The first-order valence-electron chi connectivity index (χ1n) is 10.0. The van der Waals surface area contributed by atoms with Gasteiger partial charge < -0.3 is 10.3 Å². The van der Waals surface area contributed by atoms with Crippen molar-refractivity contribution in [2.45, 2.75) is 45.4 Å². The summed E-state index contributed by atoms with van der Waals surface area (Å²) in [6.07, 6.45) is 4.59. The summed E-state index contributed by atoms with van der Waals surface area (Å²) in [6.45, 7) is 2.82. The van der Waals surface area contributed by atoms with Crippen LogP contribution in [0.3, 0.4) is 0 Å². The van der Waals surface area contributed by atoms with Crippen molar-refractivity contribution in [3.05, 3.63) is 61.5 Å². The number of nitrogens with one attached hydrogen (secondary N) is 2. The summed E-state index contributed by atoms with van der Waals surface area (Å²) >= 11 is 7.52. The number of aryl methyl sites for hydroxylation is 2. The van der Waals surface area contributed by atoms with Gasteiger partial charge in [0.2, 0.25) is 5.91 Å². The summed E-state index contributed by atoms with van der Waals surface area (Å²) < 4.78 is 0. The third-order valence-corrected chi connectivity index (χ3v) is 6.85. The van der Waals surface area contributed by atoms with Crippen LogP contribution in [0, 0.1) is 5.92 Å². The molecule has 0 saturated heterocycles. The predicted octanol–water partition coefficient (Wildman–Crippen LogP) is 4.05. The Morgan fingerprint density at radius 1 is 1.31 bits per heavy atom. The molecule has 1 aromatic carbocycles. The Bertz CT molecular complexity index is 1090. The first kappa shape index (κ1) is 20.1. The number of fused-ring (bicyclic) bond motifs is 3. The zero-order valence-corrected chi connectivity index (χ0v) is 18.0. The normalized spacial score (nSPS) is 16.0. The monoisotopic (exact) mass is 429 g/mol. The van der Waals surface area contributed by atoms with E-state index in [1.165, 1.54) is 10.4 Å². The van der Waals surface area contributed by atoms with E-state index in [0.29, 0.717) is 36.2 Å². The van der Waals surface area contributed by atoms with E-state index in [1.54, 1.807) is 11.3 Å². The van der Waals surface area contributed by atoms with Crippen LogP contribution in [0.4, 0.5) is 0 Å². The fraction of sp³-hybridized carbons (Fsp3) is 0.409. The SMILES string of the molecule is C[C@H]1CCc2c(sc3nc(CCC(=O)NCCc4ccc(Cl)cc4)[nH]c(=O)c23)C1. The van der Waals surface area contributed by atoms with Gasteiger partial charge in [0.25, 0.3) is 5.56 Å². The molecule has 3 aromatic rings. The summed E-state index contributed by atoms with van der Waals surface area (Å²) in [4.78, 5) is 34.4. The van der Waals surface area contributed by atoms with Crippen LogP contribution in [0.15, 0.2) is 29.1 Å². The van der Waals surface area contributed by atoms with Gasteiger partial charge >= 0.3 is 0 Å². The number of aromatic amines is 1. The maximum Gasteiger partial charge on any atom is 0.259 e. The second-order valence-corrected chi connectivity index (χ2v) is 9.29. The topological polar surface area (TPSA) is 74.8 Å². The molecule has 1 amide bonds. The number of amides is 1. The molecule has 0 saturated carbocycles. The summed E-state index contributed by atoms with van der Waals surface area (Å²) in [7, 11) is 0.